The van der Waals surface area contributed by atoms with E-state index < -0.39 is 0 Å². The molecule has 0 unspecified atom stereocenters. The number of methoxy groups -OCH3 is 2. The summed E-state index contributed by atoms with van der Waals surface area (Å²) in [6.07, 6.45) is 0.279. The molecule has 2 aromatic carbocycles. The van der Waals surface area contributed by atoms with E-state index in [0.717, 1.165) is 50.2 Å². The maximum Gasteiger partial charge on any atom is 0.194 e. The number of nitriles is 1. The molecule has 0 saturated heterocycles. The van der Waals surface area contributed by atoms with Gasteiger partial charge in [0, 0.05) is 10.9 Å². The van der Waals surface area contributed by atoms with Gasteiger partial charge in [-0.15, -0.1) is 11.3 Å². The lowest BCUT2D eigenvalue weighted by atomic mass is 10.1. The Labute approximate surface area is 167 Å². The van der Waals surface area contributed by atoms with Gasteiger partial charge in [-0.25, -0.2) is 4.98 Å². The first kappa shape index (κ1) is 18.1. The van der Waals surface area contributed by atoms with Gasteiger partial charge in [0.25, 0.3) is 0 Å². The van der Waals surface area contributed by atoms with Crippen LogP contribution in [-0.2, 0) is 6.42 Å². The van der Waals surface area contributed by atoms with Gasteiger partial charge < -0.3 is 9.47 Å². The summed E-state index contributed by atoms with van der Waals surface area (Å²) in [5, 5.41) is 11.5. The molecule has 6 heteroatoms. The number of imidazole rings is 1. The molecule has 0 amide bonds. The maximum atomic E-state index is 9.45. The van der Waals surface area contributed by atoms with Crippen LogP contribution in [0.15, 0.2) is 47.8 Å². The molecule has 0 saturated carbocycles. The molecule has 0 atom stereocenters. The van der Waals surface area contributed by atoms with Gasteiger partial charge in [0.2, 0.25) is 0 Å². The van der Waals surface area contributed by atoms with Crippen LogP contribution in [0.3, 0.4) is 0 Å². The van der Waals surface area contributed by atoms with Crippen molar-refractivity contribution >= 4 is 16.3 Å². The van der Waals surface area contributed by atoms with Gasteiger partial charge in [0.1, 0.15) is 11.5 Å². The number of fused-ring (bicyclic) bond motifs is 1. The van der Waals surface area contributed by atoms with Crippen LogP contribution in [0.2, 0.25) is 0 Å². The second kappa shape index (κ2) is 7.37. The van der Waals surface area contributed by atoms with E-state index in [9.17, 15) is 5.26 Å². The summed E-state index contributed by atoms with van der Waals surface area (Å²) in [5.41, 5.74) is 5.84. The molecule has 2 heterocycles. The van der Waals surface area contributed by atoms with E-state index in [1.54, 1.807) is 25.6 Å². The number of aryl methyl sites for hydroxylation is 1. The molecule has 0 spiro atoms. The first-order chi connectivity index (χ1) is 13.7. The average molecular weight is 389 g/mol. The van der Waals surface area contributed by atoms with E-state index in [1.807, 2.05) is 43.3 Å². The Kier molecular flexibility index (Phi) is 4.76. The molecule has 2 aromatic heterocycles. The molecule has 0 aliphatic rings. The number of hydrogen-bond acceptors (Lipinski definition) is 5. The van der Waals surface area contributed by atoms with E-state index in [4.69, 9.17) is 14.5 Å². The minimum Gasteiger partial charge on any atom is -0.497 e. The number of benzene rings is 2. The fourth-order valence-corrected chi connectivity index (χ4v) is 4.29. The van der Waals surface area contributed by atoms with E-state index in [0.29, 0.717) is 0 Å². The summed E-state index contributed by atoms with van der Waals surface area (Å²) in [6, 6.07) is 16.2. The normalized spacial score (nSPS) is 10.8. The van der Waals surface area contributed by atoms with E-state index >= 15 is 0 Å². The van der Waals surface area contributed by atoms with Gasteiger partial charge in [-0.1, -0.05) is 0 Å². The predicted octanol–water partition coefficient (Wildman–Crippen LogP) is 5.12. The van der Waals surface area contributed by atoms with E-state index in [2.05, 4.69) is 21.9 Å². The van der Waals surface area contributed by atoms with Gasteiger partial charge in [0.15, 0.2) is 4.96 Å². The van der Waals surface area contributed by atoms with Crippen molar-refractivity contribution in [1.82, 2.24) is 9.38 Å². The second-order valence-corrected chi connectivity index (χ2v) is 7.23. The maximum absolute atomic E-state index is 9.45. The van der Waals surface area contributed by atoms with Crippen molar-refractivity contribution in [3.8, 4) is 40.1 Å². The molecule has 4 rings (SSSR count). The fourth-order valence-electron chi connectivity index (χ4n) is 3.37. The molecule has 0 bridgehead atoms. The van der Waals surface area contributed by atoms with Gasteiger partial charge in [-0.3, -0.25) is 4.40 Å². The highest BCUT2D eigenvalue weighted by Crippen LogP contribution is 2.35. The summed E-state index contributed by atoms with van der Waals surface area (Å²) in [4.78, 5) is 5.72. The molecule has 0 aliphatic carbocycles. The summed E-state index contributed by atoms with van der Waals surface area (Å²) in [5.74, 6) is 1.65. The van der Waals surface area contributed by atoms with Gasteiger partial charge in [-0.2, -0.15) is 5.26 Å². The van der Waals surface area contributed by atoms with Crippen LogP contribution in [0.1, 0.15) is 11.3 Å². The largest absolute Gasteiger partial charge is 0.497 e. The number of ether oxygens (including phenoxy) is 2. The third-order valence-corrected chi connectivity index (χ3v) is 5.59. The Morgan fingerprint density at radius 1 is 1.07 bits per heavy atom. The van der Waals surface area contributed by atoms with Gasteiger partial charge >= 0.3 is 0 Å². The highest BCUT2D eigenvalue weighted by Gasteiger charge is 2.19. The van der Waals surface area contributed by atoms with Crippen molar-refractivity contribution in [1.29, 1.82) is 5.26 Å². The second-order valence-electron chi connectivity index (χ2n) is 6.39. The monoisotopic (exact) mass is 389 g/mol. The van der Waals surface area contributed by atoms with Crippen molar-refractivity contribution in [3.05, 3.63) is 59.1 Å². The molecule has 5 nitrogen and oxygen atoms in total. The Bertz CT molecular complexity index is 1180. The van der Waals surface area contributed by atoms with Crippen LogP contribution in [0, 0.1) is 18.3 Å². The topological polar surface area (TPSA) is 59.5 Å². The quantitative estimate of drug-likeness (QED) is 0.475. The summed E-state index contributed by atoms with van der Waals surface area (Å²) < 4.78 is 12.7. The zero-order chi connectivity index (χ0) is 19.7. The van der Waals surface area contributed by atoms with E-state index in [-0.39, 0.29) is 6.42 Å². The number of hydrogen-bond donors (Lipinski definition) is 0. The van der Waals surface area contributed by atoms with Crippen LogP contribution in [-0.4, -0.2) is 23.6 Å². The number of thiazole rings is 1. The average Bonchev–Trinajstić information content (AvgIpc) is 3.28. The number of nitrogens with zero attached hydrogens (tertiary/aromatic N) is 3. The molecule has 28 heavy (non-hydrogen) atoms. The first-order valence-electron chi connectivity index (χ1n) is 8.81. The Balaban J connectivity index is 1.89. The van der Waals surface area contributed by atoms with Crippen LogP contribution in [0.25, 0.3) is 27.5 Å². The summed E-state index contributed by atoms with van der Waals surface area (Å²) in [6.45, 7) is 2.01. The molecular weight excluding hydrogens is 370 g/mol. The zero-order valence-corrected chi connectivity index (χ0v) is 16.7. The van der Waals surface area contributed by atoms with Crippen molar-refractivity contribution in [2.75, 3.05) is 14.2 Å². The first-order valence-corrected chi connectivity index (χ1v) is 9.69. The Morgan fingerprint density at radius 3 is 2.46 bits per heavy atom. The van der Waals surface area contributed by atoms with Crippen LogP contribution < -0.4 is 9.47 Å². The lowest BCUT2D eigenvalue weighted by Gasteiger charge is -2.08. The molecule has 0 aliphatic heterocycles. The third-order valence-electron chi connectivity index (χ3n) is 4.76. The Hall–Kier alpha value is -3.30. The number of rotatable bonds is 5. The Morgan fingerprint density at radius 2 is 1.82 bits per heavy atom. The fraction of sp³-hybridized carbons (Fsp3) is 0.182. The van der Waals surface area contributed by atoms with Crippen molar-refractivity contribution in [2.24, 2.45) is 0 Å². The SMILES string of the molecule is COc1ccc(-c2csc3nc(-c4ccc(OC)c(C)c4)c(CC#N)n23)cc1. The highest BCUT2D eigenvalue weighted by molar-refractivity contribution is 7.15. The smallest absolute Gasteiger partial charge is 0.194 e. The lowest BCUT2D eigenvalue weighted by Crippen LogP contribution is -1.96. The summed E-state index contributed by atoms with van der Waals surface area (Å²) >= 11 is 1.57. The van der Waals surface area contributed by atoms with Gasteiger partial charge in [0.05, 0.1) is 43.8 Å². The van der Waals surface area contributed by atoms with Crippen LogP contribution in [0.5, 0.6) is 11.5 Å². The van der Waals surface area contributed by atoms with E-state index in [1.165, 1.54) is 0 Å². The molecule has 0 radical (unpaired) electrons. The van der Waals surface area contributed by atoms with Crippen LogP contribution >= 0.6 is 11.3 Å². The zero-order valence-electron chi connectivity index (χ0n) is 15.9. The minimum absolute atomic E-state index is 0.279. The van der Waals surface area contributed by atoms with Crippen molar-refractivity contribution in [2.45, 2.75) is 13.3 Å². The predicted molar refractivity (Wildman–Crippen MR) is 111 cm³/mol. The van der Waals surface area contributed by atoms with Crippen molar-refractivity contribution < 1.29 is 9.47 Å². The van der Waals surface area contributed by atoms with Gasteiger partial charge in [-0.05, 0) is 60.5 Å². The molecule has 0 fully saturated rings. The molecule has 0 N–H and O–H groups in total. The lowest BCUT2D eigenvalue weighted by molar-refractivity contribution is 0.412. The standard InChI is InChI=1S/C22H19N3O2S/c1-14-12-16(6-9-20(14)27-3)21-18(10-11-23)25-19(13-28-22(25)24-21)15-4-7-17(26-2)8-5-15/h4-9,12-13H,10H2,1-3H3. The molecule has 4 aromatic rings. The third kappa shape index (κ3) is 3.00. The number of aromatic nitrogens is 2. The minimum atomic E-state index is 0.279. The highest BCUT2D eigenvalue weighted by atomic mass is 32.1. The van der Waals surface area contributed by atoms with Crippen LogP contribution in [0.4, 0.5) is 0 Å². The summed E-state index contributed by atoms with van der Waals surface area (Å²) in [7, 11) is 3.32. The molecule has 140 valence electrons. The van der Waals surface area contributed by atoms with Crippen molar-refractivity contribution in [3.63, 3.8) is 0 Å². The molecular formula is C22H19N3O2S.